The number of nitrogens with zero attached hydrogens (tertiary/aromatic N) is 1. The minimum Gasteiger partial charge on any atom is -0.351 e. The van der Waals surface area contributed by atoms with Crippen LogP contribution >= 0.6 is 0 Å². The molecule has 15 heavy (non-hydrogen) atoms. The lowest BCUT2D eigenvalue weighted by molar-refractivity contribution is -0.125. The summed E-state index contributed by atoms with van der Waals surface area (Å²) in [4.78, 5) is 13.8. The Kier molecular flexibility index (Phi) is 5.24. The molecule has 0 aromatic carbocycles. The second-order valence-corrected chi connectivity index (χ2v) is 5.52. The predicted molar refractivity (Wildman–Crippen MR) is 63.6 cm³/mol. The number of hydrogen-bond acceptors (Lipinski definition) is 3. The Labute approximate surface area is 93.2 Å². The summed E-state index contributed by atoms with van der Waals surface area (Å²) >= 11 is 0. The minimum absolute atomic E-state index is 0.0724. The molecule has 0 bridgehead atoms. The smallest absolute Gasteiger partial charge is 0.237 e. The van der Waals surface area contributed by atoms with E-state index in [0.29, 0.717) is 0 Å². The molecule has 2 unspecified atom stereocenters. The van der Waals surface area contributed by atoms with E-state index >= 15 is 0 Å². The molecule has 0 rings (SSSR count). The van der Waals surface area contributed by atoms with Crippen LogP contribution in [0.2, 0.25) is 0 Å². The van der Waals surface area contributed by atoms with Gasteiger partial charge in [0.25, 0.3) is 0 Å². The second kappa shape index (κ2) is 5.47. The lowest BCUT2D eigenvalue weighted by Gasteiger charge is -2.28. The van der Waals surface area contributed by atoms with Crippen LogP contribution in [0.3, 0.4) is 0 Å². The number of likely N-dealkylation sites (N-methyl/N-ethyl adjacent to an activating group) is 1. The van der Waals surface area contributed by atoms with Crippen molar-refractivity contribution in [3.63, 3.8) is 0 Å². The van der Waals surface area contributed by atoms with Crippen LogP contribution < -0.4 is 11.1 Å². The van der Waals surface area contributed by atoms with Crippen LogP contribution in [0.1, 0.15) is 27.7 Å². The van der Waals surface area contributed by atoms with Gasteiger partial charge in [0.2, 0.25) is 5.91 Å². The second-order valence-electron chi connectivity index (χ2n) is 5.52. The minimum atomic E-state index is -0.456. The lowest BCUT2D eigenvalue weighted by Crippen LogP contribution is -2.52. The zero-order chi connectivity index (χ0) is 12.2. The Hall–Kier alpha value is -0.610. The molecule has 0 spiro atoms. The van der Waals surface area contributed by atoms with E-state index in [9.17, 15) is 4.79 Å². The highest BCUT2D eigenvalue weighted by molar-refractivity contribution is 5.82. The Bertz CT molecular complexity index is 208. The third kappa shape index (κ3) is 5.74. The summed E-state index contributed by atoms with van der Waals surface area (Å²) in [6.45, 7) is 8.70. The molecule has 0 radical (unpaired) electrons. The van der Waals surface area contributed by atoms with Gasteiger partial charge >= 0.3 is 0 Å². The summed E-state index contributed by atoms with van der Waals surface area (Å²) in [6, 6.07) is -0.331. The molecule has 2 atom stereocenters. The first-order valence-electron chi connectivity index (χ1n) is 5.35. The van der Waals surface area contributed by atoms with Crippen LogP contribution in [-0.4, -0.2) is 43.5 Å². The van der Waals surface area contributed by atoms with Gasteiger partial charge in [0.15, 0.2) is 0 Å². The molecule has 0 saturated carbocycles. The van der Waals surface area contributed by atoms with Crippen molar-refractivity contribution in [1.82, 2.24) is 10.2 Å². The van der Waals surface area contributed by atoms with Crippen LogP contribution in [0.15, 0.2) is 0 Å². The van der Waals surface area contributed by atoms with Crippen molar-refractivity contribution in [2.75, 3.05) is 20.6 Å². The van der Waals surface area contributed by atoms with Gasteiger partial charge in [-0.25, -0.2) is 0 Å². The molecule has 4 heteroatoms. The number of carbonyl (C=O) groups excluding carboxylic acids is 1. The van der Waals surface area contributed by atoms with Gasteiger partial charge in [-0.2, -0.15) is 0 Å². The van der Waals surface area contributed by atoms with Gasteiger partial charge in [0.1, 0.15) is 0 Å². The number of hydrogen-bond donors (Lipinski definition) is 2. The Balaban J connectivity index is 4.14. The first kappa shape index (κ1) is 14.4. The maximum Gasteiger partial charge on any atom is 0.237 e. The zero-order valence-electron chi connectivity index (χ0n) is 10.8. The zero-order valence-corrected chi connectivity index (χ0v) is 10.8. The molecule has 3 N–H and O–H groups in total. The summed E-state index contributed by atoms with van der Waals surface area (Å²) in [5, 5.41) is 2.91. The Morgan fingerprint density at radius 1 is 1.40 bits per heavy atom. The summed E-state index contributed by atoms with van der Waals surface area (Å²) in [5.74, 6) is -0.0724. The Morgan fingerprint density at radius 2 is 1.87 bits per heavy atom. The van der Waals surface area contributed by atoms with E-state index in [-0.39, 0.29) is 17.4 Å². The fourth-order valence-corrected chi connectivity index (χ4v) is 1.32. The van der Waals surface area contributed by atoms with E-state index in [0.717, 1.165) is 6.54 Å². The van der Waals surface area contributed by atoms with Crippen molar-refractivity contribution in [2.24, 2.45) is 11.1 Å². The fraction of sp³-hybridized carbons (Fsp3) is 0.909. The molecule has 1 amide bonds. The molecule has 0 aliphatic carbocycles. The van der Waals surface area contributed by atoms with Gasteiger partial charge in [0, 0.05) is 12.6 Å². The molecule has 0 aromatic rings. The Morgan fingerprint density at radius 3 is 2.20 bits per heavy atom. The van der Waals surface area contributed by atoms with Crippen molar-refractivity contribution < 1.29 is 4.79 Å². The monoisotopic (exact) mass is 215 g/mol. The van der Waals surface area contributed by atoms with E-state index in [1.807, 2.05) is 46.7 Å². The number of carbonyl (C=O) groups is 1. The molecular formula is C11H25N3O. The van der Waals surface area contributed by atoms with Crippen molar-refractivity contribution in [2.45, 2.75) is 39.8 Å². The highest BCUT2D eigenvalue weighted by Crippen LogP contribution is 2.17. The number of amides is 1. The fourth-order valence-electron chi connectivity index (χ4n) is 1.32. The number of nitrogens with two attached hydrogens (primary N) is 1. The highest BCUT2D eigenvalue weighted by Gasteiger charge is 2.27. The van der Waals surface area contributed by atoms with Crippen molar-refractivity contribution in [1.29, 1.82) is 0 Å². The van der Waals surface area contributed by atoms with Crippen LogP contribution in [-0.2, 0) is 4.79 Å². The highest BCUT2D eigenvalue weighted by atomic mass is 16.2. The third-order valence-electron chi connectivity index (χ3n) is 2.24. The summed E-state index contributed by atoms with van der Waals surface area (Å²) < 4.78 is 0. The predicted octanol–water partition coefficient (Wildman–Crippen LogP) is 0.426. The van der Waals surface area contributed by atoms with Crippen molar-refractivity contribution in [3.8, 4) is 0 Å². The molecule has 0 heterocycles. The average molecular weight is 215 g/mol. The third-order valence-corrected chi connectivity index (χ3v) is 2.24. The standard InChI is InChI=1S/C11H25N3O/c1-8(7-14(5)6)13-10(15)9(12)11(2,3)4/h8-9H,7,12H2,1-6H3,(H,13,15). The van der Waals surface area contributed by atoms with Crippen molar-refractivity contribution in [3.05, 3.63) is 0 Å². The molecule has 0 aliphatic rings. The van der Waals surface area contributed by atoms with Crippen LogP contribution in [0.5, 0.6) is 0 Å². The molecular weight excluding hydrogens is 190 g/mol. The van der Waals surface area contributed by atoms with Gasteiger partial charge < -0.3 is 16.0 Å². The first-order valence-corrected chi connectivity index (χ1v) is 5.35. The topological polar surface area (TPSA) is 58.4 Å². The SMILES string of the molecule is CC(CN(C)C)NC(=O)C(N)C(C)(C)C. The van der Waals surface area contributed by atoms with E-state index in [2.05, 4.69) is 5.32 Å². The first-order chi connectivity index (χ1) is 6.64. The molecule has 90 valence electrons. The van der Waals surface area contributed by atoms with Crippen molar-refractivity contribution >= 4 is 5.91 Å². The molecule has 0 saturated heterocycles. The maximum absolute atomic E-state index is 11.7. The lowest BCUT2D eigenvalue weighted by atomic mass is 9.87. The average Bonchev–Trinajstić information content (AvgIpc) is 1.99. The summed E-state index contributed by atoms with van der Waals surface area (Å²) in [6.07, 6.45) is 0. The quantitative estimate of drug-likeness (QED) is 0.715. The number of rotatable bonds is 4. The van der Waals surface area contributed by atoms with Crippen LogP contribution in [0.4, 0.5) is 0 Å². The van der Waals surface area contributed by atoms with E-state index < -0.39 is 6.04 Å². The molecule has 0 aromatic heterocycles. The summed E-state index contributed by atoms with van der Waals surface area (Å²) in [7, 11) is 3.96. The van der Waals surface area contributed by atoms with E-state index in [1.165, 1.54) is 0 Å². The van der Waals surface area contributed by atoms with Gasteiger partial charge in [-0.3, -0.25) is 4.79 Å². The van der Waals surface area contributed by atoms with Gasteiger partial charge in [-0.05, 0) is 26.4 Å². The van der Waals surface area contributed by atoms with Crippen LogP contribution in [0, 0.1) is 5.41 Å². The maximum atomic E-state index is 11.7. The van der Waals surface area contributed by atoms with Crippen LogP contribution in [0.25, 0.3) is 0 Å². The van der Waals surface area contributed by atoms with E-state index in [1.54, 1.807) is 0 Å². The molecule has 4 nitrogen and oxygen atoms in total. The van der Waals surface area contributed by atoms with Gasteiger partial charge in [-0.15, -0.1) is 0 Å². The largest absolute Gasteiger partial charge is 0.351 e. The van der Waals surface area contributed by atoms with Gasteiger partial charge in [0.05, 0.1) is 6.04 Å². The molecule has 0 aliphatic heterocycles. The number of nitrogens with one attached hydrogen (secondary N) is 1. The van der Waals surface area contributed by atoms with Gasteiger partial charge in [-0.1, -0.05) is 20.8 Å². The van der Waals surface area contributed by atoms with E-state index in [4.69, 9.17) is 5.73 Å². The summed E-state index contributed by atoms with van der Waals surface area (Å²) in [5.41, 5.74) is 5.66. The normalized spacial score (nSPS) is 16.3. The molecule has 0 fully saturated rings.